The first-order valence-electron chi connectivity index (χ1n) is 8.13. The van der Waals surface area contributed by atoms with Crippen molar-refractivity contribution < 1.29 is 10.2 Å². The molecule has 2 nitrogen and oxygen atoms in total. The van der Waals surface area contributed by atoms with Gasteiger partial charge in [0.05, 0.1) is 11.7 Å². The first-order chi connectivity index (χ1) is 11.1. The van der Waals surface area contributed by atoms with E-state index in [1.807, 2.05) is 12.2 Å². The third-order valence-electron chi connectivity index (χ3n) is 5.57. The zero-order valence-electron chi connectivity index (χ0n) is 13.0. The monoisotopic (exact) mass is 302 g/mol. The van der Waals surface area contributed by atoms with Gasteiger partial charge >= 0.3 is 0 Å². The molecule has 0 saturated carbocycles. The van der Waals surface area contributed by atoms with Crippen molar-refractivity contribution in [1.82, 2.24) is 0 Å². The van der Waals surface area contributed by atoms with Gasteiger partial charge in [0.25, 0.3) is 0 Å². The molecule has 0 aliphatic heterocycles. The quantitative estimate of drug-likeness (QED) is 0.621. The summed E-state index contributed by atoms with van der Waals surface area (Å²) in [4.78, 5) is 0. The van der Waals surface area contributed by atoms with Crippen LogP contribution in [0.5, 0.6) is 0 Å². The van der Waals surface area contributed by atoms with Crippen LogP contribution in [-0.4, -0.2) is 21.9 Å². The van der Waals surface area contributed by atoms with E-state index in [1.54, 1.807) is 6.92 Å². The summed E-state index contributed by atoms with van der Waals surface area (Å²) in [6, 6.07) is 14.9. The van der Waals surface area contributed by atoms with E-state index in [1.165, 1.54) is 27.1 Å². The van der Waals surface area contributed by atoms with Gasteiger partial charge in [0, 0.05) is 5.92 Å². The van der Waals surface area contributed by atoms with Crippen LogP contribution in [0.15, 0.2) is 48.5 Å². The fourth-order valence-corrected chi connectivity index (χ4v) is 4.56. The Morgan fingerprint density at radius 3 is 2.74 bits per heavy atom. The largest absolute Gasteiger partial charge is 0.392 e. The van der Waals surface area contributed by atoms with Crippen molar-refractivity contribution in [3.05, 3.63) is 65.2 Å². The van der Waals surface area contributed by atoms with E-state index in [0.717, 1.165) is 11.1 Å². The van der Waals surface area contributed by atoms with E-state index in [2.05, 4.69) is 42.5 Å². The van der Waals surface area contributed by atoms with Gasteiger partial charge in [-0.05, 0) is 57.6 Å². The highest BCUT2D eigenvalue weighted by Crippen LogP contribution is 2.49. The summed E-state index contributed by atoms with van der Waals surface area (Å²) < 4.78 is 0. The predicted molar refractivity (Wildman–Crippen MR) is 93.6 cm³/mol. The number of hydrogen-bond donors (Lipinski definition) is 2. The van der Waals surface area contributed by atoms with Crippen LogP contribution in [0.3, 0.4) is 0 Å². The van der Waals surface area contributed by atoms with Gasteiger partial charge in [-0.15, -0.1) is 0 Å². The lowest BCUT2D eigenvalue weighted by atomic mass is 9.76. The second-order valence-electron chi connectivity index (χ2n) is 7.05. The molecule has 0 fully saturated rings. The lowest BCUT2D eigenvalue weighted by molar-refractivity contribution is 0.0208. The Balaban J connectivity index is 1.94. The highest BCUT2D eigenvalue weighted by molar-refractivity contribution is 6.10. The smallest absolute Gasteiger partial charge is 0.0896 e. The first kappa shape index (κ1) is 13.3. The van der Waals surface area contributed by atoms with Gasteiger partial charge < -0.3 is 10.2 Å². The molecule has 0 amide bonds. The summed E-state index contributed by atoms with van der Waals surface area (Å²) in [6.45, 7) is 1.79. The Hall–Kier alpha value is -2.16. The van der Waals surface area contributed by atoms with E-state index in [9.17, 15) is 10.2 Å². The molecule has 2 aliphatic carbocycles. The molecule has 3 unspecified atom stereocenters. The van der Waals surface area contributed by atoms with Crippen LogP contribution in [0.2, 0.25) is 0 Å². The fraction of sp³-hybridized carbons (Fsp3) is 0.238. The summed E-state index contributed by atoms with van der Waals surface area (Å²) in [6.07, 6.45) is 3.92. The average molecular weight is 302 g/mol. The normalized spacial score (nSPS) is 28.5. The van der Waals surface area contributed by atoms with Crippen LogP contribution in [0.4, 0.5) is 0 Å². The van der Waals surface area contributed by atoms with Crippen LogP contribution >= 0.6 is 0 Å². The van der Waals surface area contributed by atoms with Crippen molar-refractivity contribution in [2.45, 2.75) is 31.0 Å². The molecule has 114 valence electrons. The number of rotatable bonds is 0. The van der Waals surface area contributed by atoms with E-state index in [4.69, 9.17) is 0 Å². The molecule has 23 heavy (non-hydrogen) atoms. The maximum Gasteiger partial charge on any atom is 0.0896 e. The van der Waals surface area contributed by atoms with Gasteiger partial charge in [-0.2, -0.15) is 0 Å². The summed E-state index contributed by atoms with van der Waals surface area (Å²) in [7, 11) is 0. The van der Waals surface area contributed by atoms with Crippen LogP contribution in [0.25, 0.3) is 27.6 Å². The van der Waals surface area contributed by atoms with Crippen molar-refractivity contribution in [1.29, 1.82) is 0 Å². The van der Waals surface area contributed by atoms with E-state index < -0.39 is 11.7 Å². The molecule has 2 heteroatoms. The topological polar surface area (TPSA) is 40.5 Å². The van der Waals surface area contributed by atoms with Gasteiger partial charge in [-0.3, -0.25) is 0 Å². The van der Waals surface area contributed by atoms with Crippen molar-refractivity contribution in [2.24, 2.45) is 0 Å². The van der Waals surface area contributed by atoms with Gasteiger partial charge in [-0.1, -0.05) is 48.6 Å². The highest BCUT2D eigenvalue weighted by Gasteiger charge is 2.45. The van der Waals surface area contributed by atoms with Crippen molar-refractivity contribution >= 4 is 27.6 Å². The minimum Gasteiger partial charge on any atom is -0.392 e. The van der Waals surface area contributed by atoms with Gasteiger partial charge in [-0.25, -0.2) is 0 Å². The number of benzene rings is 3. The first-order valence-corrected chi connectivity index (χ1v) is 8.13. The molecule has 0 heterocycles. The Kier molecular flexibility index (Phi) is 2.44. The lowest BCUT2D eigenvalue weighted by Gasteiger charge is -2.34. The summed E-state index contributed by atoms with van der Waals surface area (Å²) in [5, 5.41) is 26.2. The van der Waals surface area contributed by atoms with Crippen LogP contribution < -0.4 is 0 Å². The van der Waals surface area contributed by atoms with E-state index >= 15 is 0 Å². The number of fused-ring (bicyclic) bond motifs is 4. The molecule has 0 radical (unpaired) electrons. The number of aliphatic hydroxyl groups excluding tert-OH is 1. The molecule has 2 aliphatic rings. The second-order valence-corrected chi connectivity index (χ2v) is 7.05. The Labute approximate surface area is 134 Å². The lowest BCUT2D eigenvalue weighted by Crippen LogP contribution is -2.37. The molecule has 3 aromatic carbocycles. The van der Waals surface area contributed by atoms with E-state index in [0.29, 0.717) is 6.42 Å². The minimum atomic E-state index is -0.984. The van der Waals surface area contributed by atoms with Crippen LogP contribution in [0.1, 0.15) is 29.5 Å². The van der Waals surface area contributed by atoms with Gasteiger partial charge in [0.1, 0.15) is 0 Å². The van der Waals surface area contributed by atoms with Gasteiger partial charge in [0.15, 0.2) is 0 Å². The minimum absolute atomic E-state index is 0.228. The van der Waals surface area contributed by atoms with Crippen molar-refractivity contribution in [3.8, 4) is 0 Å². The molecule has 0 bridgehead atoms. The number of aliphatic hydroxyl groups is 2. The molecule has 0 spiro atoms. The Morgan fingerprint density at radius 1 is 1.04 bits per heavy atom. The molecule has 2 N–H and O–H groups in total. The maximum atomic E-state index is 10.7. The standard InChI is InChI=1S/C21H18O2/c1-21(23)9-8-13-10-16-14-5-3-2-4-12(14)6-7-15(16)17-11-18(22)20(21)19(13)17/h2-10,18,20,22-23H,11H2,1H3. The summed E-state index contributed by atoms with van der Waals surface area (Å²) >= 11 is 0. The van der Waals surface area contributed by atoms with E-state index in [-0.39, 0.29) is 5.92 Å². The van der Waals surface area contributed by atoms with Crippen molar-refractivity contribution in [3.63, 3.8) is 0 Å². The maximum absolute atomic E-state index is 10.7. The predicted octanol–water partition coefficient (Wildman–Crippen LogP) is 3.77. The molecule has 0 saturated heterocycles. The summed E-state index contributed by atoms with van der Waals surface area (Å²) in [5.41, 5.74) is 2.48. The van der Waals surface area contributed by atoms with Crippen LogP contribution in [0, 0.1) is 0 Å². The van der Waals surface area contributed by atoms with Crippen LogP contribution in [-0.2, 0) is 6.42 Å². The second kappa shape index (κ2) is 4.22. The SMILES string of the molecule is CC1(O)C=Cc2cc3c(ccc4ccccc43)c3c2C1C(O)C3. The van der Waals surface area contributed by atoms with Crippen molar-refractivity contribution in [2.75, 3.05) is 0 Å². The van der Waals surface area contributed by atoms with Gasteiger partial charge in [0.2, 0.25) is 0 Å². The highest BCUT2D eigenvalue weighted by atomic mass is 16.3. The molecule has 3 atom stereocenters. The molecular weight excluding hydrogens is 284 g/mol. The third kappa shape index (κ3) is 1.65. The molecule has 3 aromatic rings. The fourth-order valence-electron chi connectivity index (χ4n) is 4.56. The zero-order valence-corrected chi connectivity index (χ0v) is 13.0. The zero-order chi connectivity index (χ0) is 15.8. The molecule has 5 rings (SSSR count). The Morgan fingerprint density at radius 2 is 1.87 bits per heavy atom. The molecular formula is C21H18O2. The molecule has 0 aromatic heterocycles. The number of hydrogen-bond acceptors (Lipinski definition) is 2. The summed E-state index contributed by atoms with van der Waals surface area (Å²) in [5.74, 6) is -0.228. The third-order valence-corrected chi connectivity index (χ3v) is 5.57. The average Bonchev–Trinajstić information content (AvgIpc) is 2.90. The Bertz CT molecular complexity index is 998.